The van der Waals surface area contributed by atoms with Crippen molar-refractivity contribution in [2.75, 3.05) is 7.05 Å². The van der Waals surface area contributed by atoms with Crippen molar-refractivity contribution in [1.82, 2.24) is 10.6 Å². The number of nitrogens with one attached hydrogen (secondary N) is 2. The normalized spacial score (nSPS) is 11.9. The third kappa shape index (κ3) is 4.85. The first kappa shape index (κ1) is 13.2. The fourth-order valence-corrected chi connectivity index (χ4v) is 0.852. The van der Waals surface area contributed by atoms with Crippen LogP contribution in [0.25, 0.3) is 0 Å². The van der Waals surface area contributed by atoms with Gasteiger partial charge in [0.15, 0.2) is 0 Å². The Bertz CT molecular complexity index is 292. The van der Waals surface area contributed by atoms with Gasteiger partial charge in [0.1, 0.15) is 5.84 Å². The molecule has 0 unspecified atom stereocenters. The van der Waals surface area contributed by atoms with Crippen LogP contribution in [0.3, 0.4) is 0 Å². The quantitative estimate of drug-likeness (QED) is 0.350. The highest BCUT2D eigenvalue weighted by Crippen LogP contribution is 1.95. The van der Waals surface area contributed by atoms with Crippen LogP contribution in [0, 0.1) is 0 Å². The number of amides is 1. The van der Waals surface area contributed by atoms with Crippen LogP contribution in [0.2, 0.25) is 0 Å². The molecule has 0 fully saturated rings. The molecular formula is C10H18N4O. The average molecular weight is 210 g/mol. The van der Waals surface area contributed by atoms with Gasteiger partial charge in [-0.05, 0) is 13.8 Å². The molecule has 5 nitrogen and oxygen atoms in total. The molecule has 4 N–H and O–H groups in total. The van der Waals surface area contributed by atoms with E-state index in [-0.39, 0.29) is 17.5 Å². The summed E-state index contributed by atoms with van der Waals surface area (Å²) >= 11 is 0. The Morgan fingerprint density at radius 1 is 1.53 bits per heavy atom. The van der Waals surface area contributed by atoms with Crippen molar-refractivity contribution >= 4 is 11.7 Å². The van der Waals surface area contributed by atoms with Gasteiger partial charge in [-0.1, -0.05) is 6.58 Å². The van der Waals surface area contributed by atoms with Crippen molar-refractivity contribution in [2.24, 2.45) is 10.7 Å². The lowest BCUT2D eigenvalue weighted by Crippen LogP contribution is -2.36. The Morgan fingerprint density at radius 3 is 2.53 bits per heavy atom. The number of hydrogen-bond acceptors (Lipinski definition) is 3. The zero-order chi connectivity index (χ0) is 11.8. The molecule has 0 bridgehead atoms. The molecule has 0 rings (SSSR count). The van der Waals surface area contributed by atoms with E-state index in [0.717, 1.165) is 0 Å². The summed E-state index contributed by atoms with van der Waals surface area (Å²) in [5, 5.41) is 5.49. The lowest BCUT2D eigenvalue weighted by molar-refractivity contribution is -0.116. The van der Waals surface area contributed by atoms with Crippen LogP contribution in [0.1, 0.15) is 13.8 Å². The zero-order valence-electron chi connectivity index (χ0n) is 9.37. The summed E-state index contributed by atoms with van der Waals surface area (Å²) in [5.41, 5.74) is 5.45. The van der Waals surface area contributed by atoms with E-state index in [1.54, 1.807) is 7.05 Å². The minimum atomic E-state index is -0.271. The predicted octanol–water partition coefficient (Wildman–Crippen LogP) is 0.115. The number of aliphatic imine (C=N–C) groups is 1. The Labute approximate surface area is 90.1 Å². The van der Waals surface area contributed by atoms with Crippen LogP contribution in [0.4, 0.5) is 0 Å². The molecule has 0 atom stereocenters. The maximum absolute atomic E-state index is 11.3. The first-order valence-electron chi connectivity index (χ1n) is 4.65. The second kappa shape index (κ2) is 6.64. The van der Waals surface area contributed by atoms with Crippen molar-refractivity contribution in [3.63, 3.8) is 0 Å². The second-order valence-electron chi connectivity index (χ2n) is 3.18. The van der Waals surface area contributed by atoms with E-state index in [4.69, 9.17) is 5.73 Å². The second-order valence-corrected chi connectivity index (χ2v) is 3.18. The SMILES string of the molecule is C=C(C(=O)NC)/C(=N\C=C/N)NC(C)C. The van der Waals surface area contributed by atoms with Crippen LogP contribution in [0.5, 0.6) is 0 Å². The Hall–Kier alpha value is -1.78. The van der Waals surface area contributed by atoms with E-state index in [1.807, 2.05) is 13.8 Å². The fourth-order valence-electron chi connectivity index (χ4n) is 0.852. The number of likely N-dealkylation sites (N-methyl/N-ethyl adjacent to an activating group) is 1. The van der Waals surface area contributed by atoms with E-state index in [1.165, 1.54) is 12.4 Å². The van der Waals surface area contributed by atoms with Crippen LogP contribution < -0.4 is 16.4 Å². The van der Waals surface area contributed by atoms with E-state index in [2.05, 4.69) is 22.2 Å². The van der Waals surface area contributed by atoms with Gasteiger partial charge in [-0.25, -0.2) is 4.99 Å². The molecule has 0 heterocycles. The molecule has 0 aromatic carbocycles. The summed E-state index contributed by atoms with van der Waals surface area (Å²) in [6.07, 6.45) is 2.69. The summed E-state index contributed by atoms with van der Waals surface area (Å²) in [6, 6.07) is 0.163. The standard InChI is InChI=1S/C10H18N4O/c1-7(2)14-9(13-6-5-11)8(3)10(15)12-4/h5-7H,3,11H2,1-2,4H3,(H,12,15)(H,13,14)/b6-5-. The van der Waals surface area contributed by atoms with E-state index >= 15 is 0 Å². The van der Waals surface area contributed by atoms with Gasteiger partial charge >= 0.3 is 0 Å². The lowest BCUT2D eigenvalue weighted by atomic mass is 10.2. The number of carbonyl (C=O) groups excluding carboxylic acids is 1. The summed E-state index contributed by atoms with van der Waals surface area (Å²) in [7, 11) is 1.54. The minimum Gasteiger partial charge on any atom is -0.403 e. The van der Waals surface area contributed by atoms with Gasteiger partial charge in [-0.2, -0.15) is 0 Å². The summed E-state index contributed by atoms with van der Waals surface area (Å²) in [4.78, 5) is 15.3. The molecule has 0 saturated carbocycles. The number of carbonyl (C=O) groups is 1. The Balaban J connectivity index is 4.78. The Kier molecular flexibility index (Phi) is 5.85. The first-order chi connectivity index (χ1) is 7.02. The number of nitrogens with two attached hydrogens (primary N) is 1. The maximum atomic E-state index is 11.3. The molecule has 0 aliphatic rings. The van der Waals surface area contributed by atoms with E-state index in [9.17, 15) is 4.79 Å². The average Bonchev–Trinajstić information content (AvgIpc) is 2.21. The van der Waals surface area contributed by atoms with Gasteiger partial charge in [0, 0.05) is 25.5 Å². The molecule has 84 valence electrons. The van der Waals surface area contributed by atoms with Gasteiger partial charge < -0.3 is 16.4 Å². The number of hydrogen-bond donors (Lipinski definition) is 3. The van der Waals surface area contributed by atoms with E-state index < -0.39 is 0 Å². The molecular weight excluding hydrogens is 192 g/mol. The molecule has 0 radical (unpaired) electrons. The molecule has 0 aliphatic heterocycles. The smallest absolute Gasteiger partial charge is 0.254 e. The number of amidine groups is 1. The largest absolute Gasteiger partial charge is 0.403 e. The molecule has 0 saturated heterocycles. The first-order valence-corrected chi connectivity index (χ1v) is 4.65. The highest BCUT2D eigenvalue weighted by Gasteiger charge is 2.12. The van der Waals surface area contributed by atoms with Crippen molar-refractivity contribution < 1.29 is 4.79 Å². The lowest BCUT2D eigenvalue weighted by Gasteiger charge is -2.13. The van der Waals surface area contributed by atoms with Crippen molar-refractivity contribution in [3.05, 3.63) is 24.6 Å². The Morgan fingerprint density at radius 2 is 2.13 bits per heavy atom. The third-order valence-corrected chi connectivity index (χ3v) is 1.50. The van der Waals surface area contributed by atoms with E-state index in [0.29, 0.717) is 5.84 Å². The van der Waals surface area contributed by atoms with Crippen LogP contribution in [-0.2, 0) is 4.79 Å². The maximum Gasteiger partial charge on any atom is 0.254 e. The fraction of sp³-hybridized carbons (Fsp3) is 0.400. The molecule has 0 aromatic rings. The summed E-state index contributed by atoms with van der Waals surface area (Å²) in [5.74, 6) is 0.151. The van der Waals surface area contributed by atoms with Crippen LogP contribution in [0.15, 0.2) is 29.5 Å². The molecule has 15 heavy (non-hydrogen) atoms. The number of nitrogens with zero attached hydrogens (tertiary/aromatic N) is 1. The molecule has 0 aliphatic carbocycles. The molecule has 5 heteroatoms. The molecule has 0 aromatic heterocycles. The van der Waals surface area contributed by atoms with Gasteiger partial charge in [-0.15, -0.1) is 0 Å². The van der Waals surface area contributed by atoms with Crippen molar-refractivity contribution in [1.29, 1.82) is 0 Å². The highest BCUT2D eigenvalue weighted by atomic mass is 16.1. The third-order valence-electron chi connectivity index (χ3n) is 1.50. The summed E-state index contributed by atoms with van der Waals surface area (Å²) < 4.78 is 0. The minimum absolute atomic E-state index is 0.163. The van der Waals surface area contributed by atoms with Gasteiger partial charge in [0.25, 0.3) is 5.91 Å². The molecule has 1 amide bonds. The van der Waals surface area contributed by atoms with Crippen molar-refractivity contribution in [2.45, 2.75) is 19.9 Å². The predicted molar refractivity (Wildman–Crippen MR) is 62.2 cm³/mol. The van der Waals surface area contributed by atoms with Crippen molar-refractivity contribution in [3.8, 4) is 0 Å². The highest BCUT2D eigenvalue weighted by molar-refractivity contribution is 6.20. The van der Waals surface area contributed by atoms with Crippen LogP contribution >= 0.6 is 0 Å². The van der Waals surface area contributed by atoms with Crippen LogP contribution in [-0.4, -0.2) is 24.8 Å². The zero-order valence-corrected chi connectivity index (χ0v) is 9.37. The summed E-state index contributed by atoms with van der Waals surface area (Å²) in [6.45, 7) is 7.54. The monoisotopic (exact) mass is 210 g/mol. The van der Waals surface area contributed by atoms with Gasteiger partial charge in [-0.3, -0.25) is 4.79 Å². The topological polar surface area (TPSA) is 79.5 Å². The molecule has 0 spiro atoms. The van der Waals surface area contributed by atoms with Gasteiger partial charge in [0.2, 0.25) is 0 Å². The van der Waals surface area contributed by atoms with Gasteiger partial charge in [0.05, 0.1) is 5.57 Å². The number of rotatable bonds is 4.